The van der Waals surface area contributed by atoms with Gasteiger partial charge in [0.05, 0.1) is 12.8 Å². The molecule has 2 amide bonds. The summed E-state index contributed by atoms with van der Waals surface area (Å²) in [5.41, 5.74) is 2.37. The largest absolute Gasteiger partial charge is 0.351 e. The molecule has 38 heavy (non-hydrogen) atoms. The Balaban J connectivity index is 1.98. The number of amides is 2. The van der Waals surface area contributed by atoms with Gasteiger partial charge >= 0.3 is 0 Å². The van der Waals surface area contributed by atoms with E-state index in [-0.39, 0.29) is 32.0 Å². The Labute approximate surface area is 229 Å². The molecule has 0 saturated heterocycles. The summed E-state index contributed by atoms with van der Waals surface area (Å²) >= 11 is 6.06. The number of nitrogens with zero attached hydrogens (tertiary/aromatic N) is 2. The van der Waals surface area contributed by atoms with Crippen LogP contribution in [-0.2, 0) is 39.1 Å². The van der Waals surface area contributed by atoms with E-state index in [1.54, 1.807) is 42.5 Å². The second-order valence-electron chi connectivity index (χ2n) is 8.90. The average Bonchev–Trinajstić information content (AvgIpc) is 2.90. The molecule has 200 valence electrons. The first-order valence-electron chi connectivity index (χ1n) is 12.1. The van der Waals surface area contributed by atoms with Crippen LogP contribution in [0.2, 0.25) is 5.02 Å². The van der Waals surface area contributed by atoms with Crippen molar-refractivity contribution in [3.63, 3.8) is 0 Å². The second-order valence-corrected chi connectivity index (χ2v) is 11.3. The molecule has 0 aliphatic heterocycles. The monoisotopic (exact) mass is 553 g/mol. The van der Waals surface area contributed by atoms with Crippen molar-refractivity contribution < 1.29 is 18.0 Å². The fourth-order valence-electron chi connectivity index (χ4n) is 3.95. The van der Waals surface area contributed by atoms with Gasteiger partial charge in [-0.1, -0.05) is 90.5 Å². The van der Waals surface area contributed by atoms with E-state index in [1.165, 1.54) is 4.90 Å². The number of hydrogen-bond acceptors (Lipinski definition) is 4. The van der Waals surface area contributed by atoms with Crippen LogP contribution in [0.5, 0.6) is 0 Å². The van der Waals surface area contributed by atoms with Gasteiger partial charge in [-0.2, -0.15) is 4.31 Å². The minimum absolute atomic E-state index is 0.0339. The minimum Gasteiger partial charge on any atom is -0.351 e. The molecule has 0 radical (unpaired) electrons. The van der Waals surface area contributed by atoms with Crippen LogP contribution in [0.3, 0.4) is 0 Å². The normalized spacial score (nSPS) is 12.1. The van der Waals surface area contributed by atoms with Gasteiger partial charge in [-0.25, -0.2) is 8.42 Å². The summed E-state index contributed by atoms with van der Waals surface area (Å²) in [4.78, 5) is 28.7. The maximum absolute atomic E-state index is 13.9. The van der Waals surface area contributed by atoms with Crippen molar-refractivity contribution in [3.05, 3.63) is 119 Å². The predicted octanol–water partition coefficient (Wildman–Crippen LogP) is 4.04. The van der Waals surface area contributed by atoms with Gasteiger partial charge in [-0.05, 0) is 28.8 Å². The minimum atomic E-state index is -3.73. The Morgan fingerprint density at radius 3 is 2.00 bits per heavy atom. The third-order valence-electron chi connectivity index (χ3n) is 5.94. The summed E-state index contributed by atoms with van der Waals surface area (Å²) in [6, 6.07) is 24.5. The summed E-state index contributed by atoms with van der Waals surface area (Å²) < 4.78 is 26.5. The second kappa shape index (κ2) is 13.9. The Kier molecular flexibility index (Phi) is 10.6. The molecule has 3 aromatic rings. The summed E-state index contributed by atoms with van der Waals surface area (Å²) in [7, 11) is -3.73. The van der Waals surface area contributed by atoms with Crippen LogP contribution < -0.4 is 5.32 Å². The highest BCUT2D eigenvalue weighted by Gasteiger charge is 2.32. The lowest BCUT2D eigenvalue weighted by Crippen LogP contribution is -2.53. The van der Waals surface area contributed by atoms with Crippen LogP contribution in [0, 0.1) is 0 Å². The number of benzene rings is 3. The highest BCUT2D eigenvalue weighted by atomic mass is 35.5. The van der Waals surface area contributed by atoms with Crippen LogP contribution in [0.1, 0.15) is 16.7 Å². The summed E-state index contributed by atoms with van der Waals surface area (Å²) in [5.74, 6) is -0.846. The summed E-state index contributed by atoms with van der Waals surface area (Å²) in [6.45, 7) is 3.60. The topological polar surface area (TPSA) is 86.8 Å². The number of carbonyl (C=O) groups is 2. The third-order valence-corrected chi connectivity index (χ3v) is 7.39. The molecular weight excluding hydrogens is 522 g/mol. The average molecular weight is 554 g/mol. The number of rotatable bonds is 13. The van der Waals surface area contributed by atoms with Crippen molar-refractivity contribution in [2.24, 2.45) is 0 Å². The van der Waals surface area contributed by atoms with Gasteiger partial charge in [-0.15, -0.1) is 6.58 Å². The molecule has 0 spiro atoms. The summed E-state index contributed by atoms with van der Waals surface area (Å²) in [5, 5.41) is 3.35. The maximum Gasteiger partial charge on any atom is 0.243 e. The first-order chi connectivity index (χ1) is 18.2. The highest BCUT2D eigenvalue weighted by Crippen LogP contribution is 2.18. The number of sulfonamides is 1. The van der Waals surface area contributed by atoms with E-state index in [0.29, 0.717) is 5.02 Å². The van der Waals surface area contributed by atoms with E-state index in [0.717, 1.165) is 27.3 Å². The van der Waals surface area contributed by atoms with Crippen LogP contribution in [-0.4, -0.2) is 54.8 Å². The number of carbonyl (C=O) groups excluding carboxylic acids is 2. The third kappa shape index (κ3) is 8.83. The van der Waals surface area contributed by atoms with E-state index in [9.17, 15) is 18.0 Å². The molecule has 1 N–H and O–H groups in total. The molecule has 0 saturated carbocycles. The quantitative estimate of drug-likeness (QED) is 0.324. The lowest BCUT2D eigenvalue weighted by molar-refractivity contribution is -0.141. The molecule has 0 aliphatic rings. The first-order valence-corrected chi connectivity index (χ1v) is 14.4. The van der Waals surface area contributed by atoms with E-state index < -0.39 is 28.5 Å². The molecule has 0 aromatic heterocycles. The van der Waals surface area contributed by atoms with Gasteiger partial charge < -0.3 is 10.2 Å². The SMILES string of the molecule is C=CCNC(=O)[C@@H](Cc1ccccc1)N(Cc1ccc(Cl)cc1)C(=O)CN(Cc1ccccc1)S(C)(=O)=O. The van der Waals surface area contributed by atoms with E-state index >= 15 is 0 Å². The molecule has 7 nitrogen and oxygen atoms in total. The summed E-state index contributed by atoms with van der Waals surface area (Å²) in [6.07, 6.45) is 2.89. The fraction of sp³-hybridized carbons (Fsp3) is 0.241. The van der Waals surface area contributed by atoms with E-state index in [1.807, 2.05) is 48.5 Å². The number of halogens is 1. The van der Waals surface area contributed by atoms with Crippen LogP contribution in [0.15, 0.2) is 97.6 Å². The van der Waals surface area contributed by atoms with E-state index in [4.69, 9.17) is 11.6 Å². The predicted molar refractivity (Wildman–Crippen MR) is 151 cm³/mol. The molecule has 0 heterocycles. The van der Waals surface area contributed by atoms with Gasteiger partial charge in [0.2, 0.25) is 21.8 Å². The van der Waals surface area contributed by atoms with Gasteiger partial charge in [0.15, 0.2) is 0 Å². The first kappa shape index (κ1) is 29.1. The van der Waals surface area contributed by atoms with Gasteiger partial charge in [0.25, 0.3) is 0 Å². The van der Waals surface area contributed by atoms with Crippen molar-refractivity contribution in [1.82, 2.24) is 14.5 Å². The fourth-order valence-corrected chi connectivity index (χ4v) is 4.80. The Morgan fingerprint density at radius 1 is 0.895 bits per heavy atom. The van der Waals surface area contributed by atoms with Crippen molar-refractivity contribution in [2.75, 3.05) is 19.3 Å². The van der Waals surface area contributed by atoms with Crippen LogP contribution in [0.4, 0.5) is 0 Å². The zero-order valence-corrected chi connectivity index (χ0v) is 22.9. The zero-order valence-electron chi connectivity index (χ0n) is 21.3. The number of nitrogens with one attached hydrogen (secondary N) is 1. The molecule has 0 bridgehead atoms. The molecular formula is C29H32ClN3O4S. The van der Waals surface area contributed by atoms with Crippen molar-refractivity contribution >= 4 is 33.4 Å². The van der Waals surface area contributed by atoms with Gasteiger partial charge in [0, 0.05) is 31.1 Å². The lowest BCUT2D eigenvalue weighted by Gasteiger charge is -2.33. The molecule has 3 rings (SSSR count). The molecule has 3 aromatic carbocycles. The molecule has 9 heteroatoms. The zero-order chi connectivity index (χ0) is 27.5. The Bertz CT molecular complexity index is 1320. The van der Waals surface area contributed by atoms with E-state index in [2.05, 4.69) is 11.9 Å². The van der Waals surface area contributed by atoms with Crippen molar-refractivity contribution in [1.29, 1.82) is 0 Å². The van der Waals surface area contributed by atoms with Gasteiger partial charge in [0.1, 0.15) is 6.04 Å². The Morgan fingerprint density at radius 2 is 1.45 bits per heavy atom. The van der Waals surface area contributed by atoms with Crippen molar-refractivity contribution in [2.45, 2.75) is 25.6 Å². The van der Waals surface area contributed by atoms with Crippen LogP contribution in [0.25, 0.3) is 0 Å². The lowest BCUT2D eigenvalue weighted by atomic mass is 10.0. The maximum atomic E-state index is 13.9. The Hall–Kier alpha value is -3.46. The standard InChI is InChI=1S/C29H32ClN3O4S/c1-3-18-31-29(35)27(19-23-10-6-4-7-11-23)33(21-25-14-16-26(30)17-15-25)28(34)22-32(38(2,36)37)20-24-12-8-5-9-13-24/h3-17,27H,1,18-22H2,2H3,(H,31,35)/t27-/m1/s1. The molecule has 0 aliphatic carbocycles. The highest BCUT2D eigenvalue weighted by molar-refractivity contribution is 7.88. The molecule has 0 unspecified atom stereocenters. The van der Waals surface area contributed by atoms with Crippen LogP contribution >= 0.6 is 11.6 Å². The molecule has 0 fully saturated rings. The molecule has 1 atom stereocenters. The smallest absolute Gasteiger partial charge is 0.243 e. The van der Waals surface area contributed by atoms with Gasteiger partial charge in [-0.3, -0.25) is 9.59 Å². The van der Waals surface area contributed by atoms with Crippen molar-refractivity contribution in [3.8, 4) is 0 Å². The number of hydrogen-bond donors (Lipinski definition) is 1.